The molecular formula is C18H18N2O6. The number of benzene rings is 2. The van der Waals surface area contributed by atoms with Gasteiger partial charge in [0.15, 0.2) is 6.61 Å². The number of carbonyl (C=O) groups is 2. The van der Waals surface area contributed by atoms with Gasteiger partial charge in [-0.15, -0.1) is 0 Å². The first kappa shape index (κ1) is 18.9. The van der Waals surface area contributed by atoms with E-state index in [9.17, 15) is 19.7 Å². The first-order valence-electron chi connectivity index (χ1n) is 7.73. The fourth-order valence-corrected chi connectivity index (χ4v) is 2.29. The lowest BCUT2D eigenvalue weighted by Gasteiger charge is -2.09. The lowest BCUT2D eigenvalue weighted by molar-refractivity contribution is -0.385. The topological polar surface area (TPSA) is 108 Å². The molecule has 2 aromatic rings. The summed E-state index contributed by atoms with van der Waals surface area (Å²) >= 11 is 0. The van der Waals surface area contributed by atoms with Crippen molar-refractivity contribution >= 4 is 17.6 Å². The number of nitrogens with zero attached hydrogens (tertiary/aromatic N) is 1. The van der Waals surface area contributed by atoms with E-state index in [0.717, 1.165) is 5.56 Å². The highest BCUT2D eigenvalue weighted by Crippen LogP contribution is 2.21. The Balaban J connectivity index is 1.90. The molecule has 0 spiro atoms. The van der Waals surface area contributed by atoms with Crippen molar-refractivity contribution in [3.63, 3.8) is 0 Å². The number of esters is 1. The van der Waals surface area contributed by atoms with E-state index >= 15 is 0 Å². The normalized spacial score (nSPS) is 10.1. The zero-order valence-corrected chi connectivity index (χ0v) is 14.4. The predicted molar refractivity (Wildman–Crippen MR) is 93.0 cm³/mol. The van der Waals surface area contributed by atoms with Crippen molar-refractivity contribution in [2.75, 3.05) is 13.7 Å². The van der Waals surface area contributed by atoms with Gasteiger partial charge in [-0.25, -0.2) is 4.79 Å². The summed E-state index contributed by atoms with van der Waals surface area (Å²) in [4.78, 5) is 34.2. The third kappa shape index (κ3) is 4.79. The summed E-state index contributed by atoms with van der Waals surface area (Å²) in [6.45, 7) is 1.23. The van der Waals surface area contributed by atoms with E-state index in [1.165, 1.54) is 25.1 Å². The van der Waals surface area contributed by atoms with Crippen LogP contribution in [0.15, 0.2) is 42.5 Å². The molecule has 0 heterocycles. The molecule has 8 nitrogen and oxygen atoms in total. The van der Waals surface area contributed by atoms with E-state index < -0.39 is 23.4 Å². The molecule has 2 aromatic carbocycles. The third-order valence-corrected chi connectivity index (χ3v) is 3.68. The molecule has 8 heteroatoms. The van der Waals surface area contributed by atoms with Gasteiger partial charge in [0.05, 0.1) is 17.6 Å². The number of methoxy groups -OCH3 is 1. The summed E-state index contributed by atoms with van der Waals surface area (Å²) < 4.78 is 10.0. The minimum absolute atomic E-state index is 0.0554. The highest BCUT2D eigenvalue weighted by molar-refractivity contribution is 5.93. The maximum Gasteiger partial charge on any atom is 0.339 e. The Kier molecular flexibility index (Phi) is 6.26. The van der Waals surface area contributed by atoms with E-state index in [2.05, 4.69) is 5.32 Å². The van der Waals surface area contributed by atoms with Crippen LogP contribution < -0.4 is 10.1 Å². The number of nitrogens with one attached hydrogen (secondary N) is 1. The third-order valence-electron chi connectivity index (χ3n) is 3.68. The van der Waals surface area contributed by atoms with Crippen LogP contribution in [0.4, 0.5) is 5.69 Å². The Hall–Kier alpha value is -3.42. The molecule has 0 aliphatic carbocycles. The monoisotopic (exact) mass is 358 g/mol. The van der Waals surface area contributed by atoms with Crippen LogP contribution in [-0.4, -0.2) is 30.5 Å². The van der Waals surface area contributed by atoms with Gasteiger partial charge in [0.1, 0.15) is 5.75 Å². The van der Waals surface area contributed by atoms with Crippen LogP contribution in [0, 0.1) is 17.0 Å². The zero-order valence-electron chi connectivity index (χ0n) is 14.4. The second-order valence-electron chi connectivity index (χ2n) is 5.41. The van der Waals surface area contributed by atoms with E-state index in [1.54, 1.807) is 25.3 Å². The van der Waals surface area contributed by atoms with Gasteiger partial charge in [-0.2, -0.15) is 0 Å². The van der Waals surface area contributed by atoms with Crippen molar-refractivity contribution in [1.29, 1.82) is 0 Å². The van der Waals surface area contributed by atoms with Crippen molar-refractivity contribution in [3.05, 3.63) is 69.3 Å². The van der Waals surface area contributed by atoms with Crippen molar-refractivity contribution in [3.8, 4) is 5.75 Å². The molecule has 0 aliphatic rings. The van der Waals surface area contributed by atoms with Crippen molar-refractivity contribution in [1.82, 2.24) is 5.32 Å². The van der Waals surface area contributed by atoms with Crippen LogP contribution in [0.5, 0.6) is 5.75 Å². The van der Waals surface area contributed by atoms with Crippen molar-refractivity contribution in [2.24, 2.45) is 0 Å². The summed E-state index contributed by atoms with van der Waals surface area (Å²) in [7, 11) is 1.55. The molecule has 2 rings (SSSR count). The first-order chi connectivity index (χ1) is 12.4. The molecule has 0 radical (unpaired) electrons. The van der Waals surface area contributed by atoms with E-state index in [4.69, 9.17) is 9.47 Å². The Morgan fingerprint density at radius 1 is 1.19 bits per heavy atom. The van der Waals surface area contributed by atoms with Gasteiger partial charge in [0.2, 0.25) is 0 Å². The zero-order chi connectivity index (χ0) is 19.1. The number of nitro benzene ring substituents is 1. The van der Waals surface area contributed by atoms with Crippen LogP contribution in [-0.2, 0) is 16.1 Å². The maximum absolute atomic E-state index is 12.1. The van der Waals surface area contributed by atoms with Crippen LogP contribution >= 0.6 is 0 Å². The van der Waals surface area contributed by atoms with Gasteiger partial charge in [0.25, 0.3) is 11.6 Å². The van der Waals surface area contributed by atoms with Gasteiger partial charge in [0, 0.05) is 18.2 Å². The molecule has 26 heavy (non-hydrogen) atoms. The van der Waals surface area contributed by atoms with Gasteiger partial charge >= 0.3 is 5.97 Å². The Labute approximate surface area is 149 Å². The molecule has 0 saturated heterocycles. The molecule has 0 fully saturated rings. The number of hydrogen-bond acceptors (Lipinski definition) is 6. The summed E-state index contributed by atoms with van der Waals surface area (Å²) in [5.74, 6) is -0.601. The van der Waals surface area contributed by atoms with Crippen molar-refractivity contribution < 1.29 is 24.0 Å². The van der Waals surface area contributed by atoms with Crippen LogP contribution in [0.1, 0.15) is 21.5 Å². The quantitative estimate of drug-likeness (QED) is 0.462. The second kappa shape index (κ2) is 8.61. The van der Waals surface area contributed by atoms with E-state index in [1.807, 2.05) is 6.07 Å². The van der Waals surface area contributed by atoms with Crippen LogP contribution in [0.2, 0.25) is 0 Å². The highest BCUT2D eigenvalue weighted by atomic mass is 16.6. The largest absolute Gasteiger partial charge is 0.497 e. The fourth-order valence-electron chi connectivity index (χ4n) is 2.29. The number of nitro groups is 1. The molecule has 0 atom stereocenters. The SMILES string of the molecule is COc1cccc(CNC(=O)COC(=O)c2cccc([N+](=O)[O-])c2C)c1. The average molecular weight is 358 g/mol. The fraction of sp³-hybridized carbons (Fsp3) is 0.222. The highest BCUT2D eigenvalue weighted by Gasteiger charge is 2.19. The Morgan fingerprint density at radius 3 is 2.62 bits per heavy atom. The maximum atomic E-state index is 12.1. The van der Waals surface area contributed by atoms with E-state index in [-0.39, 0.29) is 23.4 Å². The Morgan fingerprint density at radius 2 is 1.92 bits per heavy atom. The van der Waals surface area contributed by atoms with Crippen molar-refractivity contribution in [2.45, 2.75) is 13.5 Å². The molecule has 1 N–H and O–H groups in total. The van der Waals surface area contributed by atoms with Crippen LogP contribution in [0.3, 0.4) is 0 Å². The number of hydrogen-bond donors (Lipinski definition) is 1. The molecular weight excluding hydrogens is 340 g/mol. The smallest absolute Gasteiger partial charge is 0.339 e. The van der Waals surface area contributed by atoms with Gasteiger partial charge in [-0.1, -0.05) is 18.2 Å². The summed E-state index contributed by atoms with van der Waals surface area (Å²) in [6, 6.07) is 11.3. The molecule has 0 saturated carbocycles. The molecule has 0 aromatic heterocycles. The minimum atomic E-state index is -0.789. The Bertz CT molecular complexity index is 834. The number of ether oxygens (including phenoxy) is 2. The van der Waals surface area contributed by atoms with Gasteiger partial charge in [-0.3, -0.25) is 14.9 Å². The lowest BCUT2D eigenvalue weighted by Crippen LogP contribution is -2.28. The number of rotatable bonds is 7. The van der Waals surface area contributed by atoms with Gasteiger partial charge in [-0.05, 0) is 30.7 Å². The number of amides is 1. The standard InChI is InChI=1S/C18H18N2O6/c1-12-15(7-4-8-16(12)20(23)24)18(22)26-11-17(21)19-10-13-5-3-6-14(9-13)25-2/h3-9H,10-11H2,1-2H3,(H,19,21). The number of carbonyl (C=O) groups excluding carboxylic acids is 2. The first-order valence-corrected chi connectivity index (χ1v) is 7.73. The molecule has 1 amide bonds. The molecule has 136 valence electrons. The van der Waals surface area contributed by atoms with E-state index in [0.29, 0.717) is 5.75 Å². The molecule has 0 unspecified atom stereocenters. The predicted octanol–water partition coefficient (Wildman–Crippen LogP) is 2.39. The second-order valence-corrected chi connectivity index (χ2v) is 5.41. The van der Waals surface area contributed by atoms with Gasteiger partial charge < -0.3 is 14.8 Å². The van der Waals surface area contributed by atoms with Crippen LogP contribution in [0.25, 0.3) is 0 Å². The lowest BCUT2D eigenvalue weighted by atomic mass is 10.1. The summed E-state index contributed by atoms with van der Waals surface area (Å²) in [5, 5.41) is 13.5. The summed E-state index contributed by atoms with van der Waals surface area (Å²) in [6.07, 6.45) is 0. The molecule has 0 bridgehead atoms. The minimum Gasteiger partial charge on any atom is -0.497 e. The average Bonchev–Trinajstić information content (AvgIpc) is 2.64. The summed E-state index contributed by atoms with van der Waals surface area (Å²) in [5.41, 5.74) is 0.902. The molecule has 0 aliphatic heterocycles.